The van der Waals surface area contributed by atoms with Crippen LogP contribution in [-0.4, -0.2) is 22.2 Å². The number of nitrogens with two attached hydrogens (primary N) is 1. The summed E-state index contributed by atoms with van der Waals surface area (Å²) in [7, 11) is 0. The van der Waals surface area contributed by atoms with Gasteiger partial charge in [-0.05, 0) is 30.6 Å². The molecule has 0 fully saturated rings. The third-order valence-corrected chi connectivity index (χ3v) is 3.06. The highest BCUT2D eigenvalue weighted by Crippen LogP contribution is 2.21. The molecular weight excluding hydrogens is 234 g/mol. The summed E-state index contributed by atoms with van der Waals surface area (Å²) in [5.74, 6) is 2.03. The normalized spacial score (nSPS) is 12.6. The van der Waals surface area contributed by atoms with Crippen molar-refractivity contribution in [3.8, 4) is 11.5 Å². The minimum atomic E-state index is -0.174. The van der Waals surface area contributed by atoms with E-state index in [9.17, 15) is 0 Å². The van der Waals surface area contributed by atoms with Crippen LogP contribution in [0.3, 0.4) is 0 Å². The summed E-state index contributed by atoms with van der Waals surface area (Å²) in [5, 5.41) is 8.01. The van der Waals surface area contributed by atoms with Gasteiger partial charge in [-0.2, -0.15) is 11.8 Å². The van der Waals surface area contributed by atoms with Gasteiger partial charge in [0.15, 0.2) is 0 Å². The Hall–Kier alpha value is -1.33. The van der Waals surface area contributed by atoms with Crippen molar-refractivity contribution in [1.82, 2.24) is 10.2 Å². The van der Waals surface area contributed by atoms with Crippen LogP contribution >= 0.6 is 11.8 Å². The van der Waals surface area contributed by atoms with Crippen LogP contribution < -0.4 is 5.73 Å². The maximum atomic E-state index is 5.96. The highest BCUT2D eigenvalue weighted by molar-refractivity contribution is 7.98. The standard InChI is InChI=1S/C12H15N3OS/c1-17-8-7-10(13)12-15-14-11(16-12)9-5-3-2-4-6-9/h2-6,10H,7-8,13H2,1H3/t10-/m0/s1. The van der Waals surface area contributed by atoms with Gasteiger partial charge in [0.05, 0.1) is 6.04 Å². The van der Waals surface area contributed by atoms with E-state index >= 15 is 0 Å². The van der Waals surface area contributed by atoms with Crippen molar-refractivity contribution < 1.29 is 4.42 Å². The molecule has 90 valence electrons. The molecule has 0 radical (unpaired) electrons. The third kappa shape index (κ3) is 3.08. The zero-order chi connectivity index (χ0) is 12.1. The second-order valence-electron chi connectivity index (χ2n) is 3.70. The van der Waals surface area contributed by atoms with E-state index in [0.29, 0.717) is 11.8 Å². The third-order valence-electron chi connectivity index (χ3n) is 2.41. The largest absolute Gasteiger partial charge is 0.419 e. The summed E-state index contributed by atoms with van der Waals surface area (Å²) in [6, 6.07) is 9.52. The Labute approximate surface area is 105 Å². The summed E-state index contributed by atoms with van der Waals surface area (Å²) >= 11 is 1.76. The molecule has 0 spiro atoms. The van der Waals surface area contributed by atoms with Crippen LogP contribution in [0.1, 0.15) is 18.4 Å². The van der Waals surface area contributed by atoms with E-state index in [1.807, 2.05) is 30.3 Å². The lowest BCUT2D eigenvalue weighted by molar-refractivity contribution is 0.454. The van der Waals surface area contributed by atoms with E-state index in [4.69, 9.17) is 10.2 Å². The van der Waals surface area contributed by atoms with Gasteiger partial charge in [0.25, 0.3) is 0 Å². The Morgan fingerprint density at radius 1 is 1.29 bits per heavy atom. The highest BCUT2D eigenvalue weighted by atomic mass is 32.2. The Balaban J connectivity index is 2.11. The van der Waals surface area contributed by atoms with Gasteiger partial charge in [0.1, 0.15) is 0 Å². The van der Waals surface area contributed by atoms with Crippen LogP contribution in [0.25, 0.3) is 11.5 Å². The first-order valence-electron chi connectivity index (χ1n) is 5.44. The van der Waals surface area contributed by atoms with E-state index in [1.54, 1.807) is 11.8 Å². The molecule has 0 aliphatic rings. The van der Waals surface area contributed by atoms with Gasteiger partial charge in [-0.1, -0.05) is 18.2 Å². The van der Waals surface area contributed by atoms with Gasteiger partial charge in [-0.15, -0.1) is 10.2 Å². The first kappa shape index (κ1) is 12.1. The monoisotopic (exact) mass is 249 g/mol. The van der Waals surface area contributed by atoms with Gasteiger partial charge < -0.3 is 10.2 Å². The smallest absolute Gasteiger partial charge is 0.247 e. The zero-order valence-corrected chi connectivity index (χ0v) is 10.5. The highest BCUT2D eigenvalue weighted by Gasteiger charge is 2.14. The Morgan fingerprint density at radius 2 is 2.06 bits per heavy atom. The molecule has 0 amide bonds. The molecule has 4 nitrogen and oxygen atoms in total. The second kappa shape index (κ2) is 5.84. The molecule has 0 aliphatic heterocycles. The van der Waals surface area contributed by atoms with E-state index in [-0.39, 0.29) is 6.04 Å². The van der Waals surface area contributed by atoms with Crippen molar-refractivity contribution in [2.24, 2.45) is 5.73 Å². The summed E-state index contributed by atoms with van der Waals surface area (Å²) < 4.78 is 5.57. The van der Waals surface area contributed by atoms with Crippen LogP contribution in [-0.2, 0) is 0 Å². The topological polar surface area (TPSA) is 64.9 Å². The number of hydrogen-bond acceptors (Lipinski definition) is 5. The molecule has 2 rings (SSSR count). The molecule has 1 aromatic carbocycles. The summed E-state index contributed by atoms with van der Waals surface area (Å²) in [5.41, 5.74) is 6.88. The predicted octanol–water partition coefficient (Wildman–Crippen LogP) is 2.49. The fraction of sp³-hybridized carbons (Fsp3) is 0.333. The van der Waals surface area contributed by atoms with Crippen LogP contribution in [0.2, 0.25) is 0 Å². The molecule has 2 N–H and O–H groups in total. The van der Waals surface area contributed by atoms with Crippen LogP contribution in [0.5, 0.6) is 0 Å². The van der Waals surface area contributed by atoms with Crippen molar-refractivity contribution in [3.63, 3.8) is 0 Å². The first-order chi connectivity index (χ1) is 8.31. The Kier molecular flexibility index (Phi) is 4.17. The predicted molar refractivity (Wildman–Crippen MR) is 69.7 cm³/mol. The maximum absolute atomic E-state index is 5.96. The second-order valence-corrected chi connectivity index (χ2v) is 4.69. The molecule has 2 aromatic rings. The lowest BCUT2D eigenvalue weighted by Crippen LogP contribution is -2.11. The van der Waals surface area contributed by atoms with Gasteiger partial charge >= 0.3 is 0 Å². The van der Waals surface area contributed by atoms with Gasteiger partial charge in [0, 0.05) is 5.56 Å². The molecule has 0 saturated carbocycles. The van der Waals surface area contributed by atoms with Crippen molar-refractivity contribution >= 4 is 11.8 Å². The fourth-order valence-electron chi connectivity index (χ4n) is 1.45. The fourth-order valence-corrected chi connectivity index (χ4v) is 1.94. The number of nitrogens with zero attached hydrogens (tertiary/aromatic N) is 2. The Bertz CT molecular complexity index is 458. The molecule has 0 aliphatic carbocycles. The van der Waals surface area contributed by atoms with Crippen LogP contribution in [0.4, 0.5) is 0 Å². The molecule has 17 heavy (non-hydrogen) atoms. The molecule has 0 bridgehead atoms. The van der Waals surface area contributed by atoms with E-state index in [2.05, 4.69) is 16.5 Å². The lowest BCUT2D eigenvalue weighted by atomic mass is 10.2. The quantitative estimate of drug-likeness (QED) is 0.882. The molecule has 5 heteroatoms. The van der Waals surface area contributed by atoms with Crippen LogP contribution in [0.15, 0.2) is 34.7 Å². The number of rotatable bonds is 5. The molecule has 1 aromatic heterocycles. The average molecular weight is 249 g/mol. The van der Waals surface area contributed by atoms with Crippen LogP contribution in [0, 0.1) is 0 Å². The maximum Gasteiger partial charge on any atom is 0.247 e. The molecule has 0 saturated heterocycles. The lowest BCUT2D eigenvalue weighted by Gasteiger charge is -2.04. The number of benzene rings is 1. The number of aromatic nitrogens is 2. The number of hydrogen-bond donors (Lipinski definition) is 1. The SMILES string of the molecule is CSCC[C@H](N)c1nnc(-c2ccccc2)o1. The van der Waals surface area contributed by atoms with E-state index in [0.717, 1.165) is 17.7 Å². The summed E-state index contributed by atoms with van der Waals surface area (Å²) in [6.07, 6.45) is 2.90. The molecule has 1 atom stereocenters. The number of thioether (sulfide) groups is 1. The van der Waals surface area contributed by atoms with Crippen molar-refractivity contribution in [1.29, 1.82) is 0 Å². The minimum absolute atomic E-state index is 0.174. The molecular formula is C12H15N3OS. The van der Waals surface area contributed by atoms with Crippen molar-refractivity contribution in [3.05, 3.63) is 36.2 Å². The average Bonchev–Trinajstić information content (AvgIpc) is 2.86. The summed E-state index contributed by atoms with van der Waals surface area (Å²) in [6.45, 7) is 0. The molecule has 0 unspecified atom stereocenters. The van der Waals surface area contributed by atoms with Crippen molar-refractivity contribution in [2.45, 2.75) is 12.5 Å². The van der Waals surface area contributed by atoms with Gasteiger partial charge in [-0.3, -0.25) is 0 Å². The molecule has 1 heterocycles. The minimum Gasteiger partial charge on any atom is -0.419 e. The first-order valence-corrected chi connectivity index (χ1v) is 6.84. The van der Waals surface area contributed by atoms with Gasteiger partial charge in [-0.25, -0.2) is 0 Å². The van der Waals surface area contributed by atoms with E-state index < -0.39 is 0 Å². The van der Waals surface area contributed by atoms with Crippen molar-refractivity contribution in [2.75, 3.05) is 12.0 Å². The Morgan fingerprint density at radius 3 is 2.76 bits per heavy atom. The summed E-state index contributed by atoms with van der Waals surface area (Å²) in [4.78, 5) is 0. The zero-order valence-electron chi connectivity index (χ0n) is 9.67. The van der Waals surface area contributed by atoms with E-state index in [1.165, 1.54) is 0 Å². The van der Waals surface area contributed by atoms with Gasteiger partial charge in [0.2, 0.25) is 11.8 Å².